The summed E-state index contributed by atoms with van der Waals surface area (Å²) in [5.41, 5.74) is 1.62. The summed E-state index contributed by atoms with van der Waals surface area (Å²) in [6, 6.07) is 20.6. The molecular formula is C25H26FN3O2. The predicted molar refractivity (Wildman–Crippen MR) is 119 cm³/mol. The molecule has 0 atom stereocenters. The largest absolute Gasteiger partial charge is 0.347 e. The van der Waals surface area contributed by atoms with Crippen molar-refractivity contribution in [3.8, 4) is 0 Å². The van der Waals surface area contributed by atoms with Gasteiger partial charge in [0, 0.05) is 38.3 Å². The number of rotatable bonds is 6. The number of nitrogens with one attached hydrogen (secondary N) is 1. The minimum Gasteiger partial charge on any atom is -0.347 e. The molecule has 0 bridgehead atoms. The fourth-order valence-corrected chi connectivity index (χ4v) is 3.99. The minimum absolute atomic E-state index is 0.00306. The van der Waals surface area contributed by atoms with Crippen LogP contribution in [0.1, 0.15) is 11.1 Å². The van der Waals surface area contributed by atoms with Crippen molar-refractivity contribution in [3.05, 3.63) is 83.7 Å². The fourth-order valence-electron chi connectivity index (χ4n) is 3.99. The van der Waals surface area contributed by atoms with E-state index in [-0.39, 0.29) is 30.6 Å². The Kier molecular flexibility index (Phi) is 6.57. The average Bonchev–Trinajstić information content (AvgIpc) is 2.80. The molecule has 5 nitrogen and oxygen atoms in total. The second-order valence-corrected chi connectivity index (χ2v) is 7.84. The SMILES string of the molecule is O=C(Cc1cccc2ccccc12)NCC(=O)N1CCN(Cc2ccccc2F)CC1. The second-order valence-electron chi connectivity index (χ2n) is 7.84. The molecule has 160 valence electrons. The molecule has 0 aliphatic carbocycles. The number of hydrogen-bond acceptors (Lipinski definition) is 3. The molecule has 3 aromatic rings. The van der Waals surface area contributed by atoms with Gasteiger partial charge in [0.2, 0.25) is 11.8 Å². The Morgan fingerprint density at radius 2 is 1.52 bits per heavy atom. The Morgan fingerprint density at radius 3 is 2.32 bits per heavy atom. The molecule has 31 heavy (non-hydrogen) atoms. The summed E-state index contributed by atoms with van der Waals surface area (Å²) < 4.78 is 13.8. The topological polar surface area (TPSA) is 52.7 Å². The van der Waals surface area contributed by atoms with E-state index in [2.05, 4.69) is 10.2 Å². The molecular weight excluding hydrogens is 393 g/mol. The molecule has 6 heteroatoms. The van der Waals surface area contributed by atoms with Gasteiger partial charge < -0.3 is 10.2 Å². The lowest BCUT2D eigenvalue weighted by molar-refractivity contribution is -0.134. The van der Waals surface area contributed by atoms with Crippen LogP contribution >= 0.6 is 0 Å². The van der Waals surface area contributed by atoms with Crippen LogP contribution in [0.3, 0.4) is 0 Å². The third-order valence-corrected chi connectivity index (χ3v) is 5.74. The van der Waals surface area contributed by atoms with Crippen molar-refractivity contribution in [2.45, 2.75) is 13.0 Å². The first-order valence-corrected chi connectivity index (χ1v) is 10.6. The van der Waals surface area contributed by atoms with Gasteiger partial charge >= 0.3 is 0 Å². The van der Waals surface area contributed by atoms with Crippen molar-refractivity contribution in [2.75, 3.05) is 32.7 Å². The Balaban J connectivity index is 1.24. The molecule has 1 aliphatic rings. The molecule has 0 saturated carbocycles. The molecule has 1 heterocycles. The van der Waals surface area contributed by atoms with Gasteiger partial charge in [-0.15, -0.1) is 0 Å². The molecule has 1 N–H and O–H groups in total. The van der Waals surface area contributed by atoms with E-state index >= 15 is 0 Å². The van der Waals surface area contributed by atoms with Crippen molar-refractivity contribution >= 4 is 22.6 Å². The van der Waals surface area contributed by atoms with Crippen LogP contribution in [0.2, 0.25) is 0 Å². The van der Waals surface area contributed by atoms with Gasteiger partial charge in [0.05, 0.1) is 13.0 Å². The van der Waals surface area contributed by atoms with E-state index in [0.717, 1.165) is 16.3 Å². The van der Waals surface area contributed by atoms with Crippen LogP contribution in [0.5, 0.6) is 0 Å². The first kappa shape index (κ1) is 21.0. The maximum atomic E-state index is 13.8. The number of amides is 2. The smallest absolute Gasteiger partial charge is 0.242 e. The number of benzene rings is 3. The van der Waals surface area contributed by atoms with E-state index < -0.39 is 0 Å². The average molecular weight is 420 g/mol. The molecule has 1 aliphatic heterocycles. The third kappa shape index (κ3) is 5.27. The van der Waals surface area contributed by atoms with Crippen LogP contribution in [-0.2, 0) is 22.6 Å². The highest BCUT2D eigenvalue weighted by atomic mass is 19.1. The molecule has 0 unspecified atom stereocenters. The summed E-state index contributed by atoms with van der Waals surface area (Å²) >= 11 is 0. The van der Waals surface area contributed by atoms with Crippen molar-refractivity contribution in [2.24, 2.45) is 0 Å². The van der Waals surface area contributed by atoms with Gasteiger partial charge in [-0.25, -0.2) is 4.39 Å². The normalized spacial score (nSPS) is 14.5. The van der Waals surface area contributed by atoms with Crippen LogP contribution in [0.15, 0.2) is 66.7 Å². The predicted octanol–water partition coefficient (Wildman–Crippen LogP) is 2.98. The minimum atomic E-state index is -0.199. The van der Waals surface area contributed by atoms with E-state index in [0.29, 0.717) is 38.3 Å². The van der Waals surface area contributed by atoms with E-state index in [1.807, 2.05) is 48.5 Å². The van der Waals surface area contributed by atoms with E-state index in [1.54, 1.807) is 17.0 Å². The molecule has 0 radical (unpaired) electrons. The molecule has 2 amide bonds. The highest BCUT2D eigenvalue weighted by Gasteiger charge is 2.22. The van der Waals surface area contributed by atoms with E-state index in [9.17, 15) is 14.0 Å². The molecule has 1 saturated heterocycles. The maximum absolute atomic E-state index is 13.8. The zero-order valence-corrected chi connectivity index (χ0v) is 17.4. The van der Waals surface area contributed by atoms with Gasteiger partial charge in [-0.3, -0.25) is 14.5 Å². The third-order valence-electron chi connectivity index (χ3n) is 5.74. The van der Waals surface area contributed by atoms with Gasteiger partial charge in [0.1, 0.15) is 5.82 Å². The first-order chi connectivity index (χ1) is 15.1. The molecule has 1 fully saturated rings. The number of hydrogen-bond donors (Lipinski definition) is 1. The van der Waals surface area contributed by atoms with E-state index in [4.69, 9.17) is 0 Å². The van der Waals surface area contributed by atoms with Crippen molar-refractivity contribution in [3.63, 3.8) is 0 Å². The summed E-state index contributed by atoms with van der Waals surface area (Å²) in [5, 5.41) is 4.91. The number of piperazine rings is 1. The van der Waals surface area contributed by atoms with Crippen LogP contribution < -0.4 is 5.32 Å². The van der Waals surface area contributed by atoms with Gasteiger partial charge in [0.25, 0.3) is 0 Å². The summed E-state index contributed by atoms with van der Waals surface area (Å²) in [6.45, 7) is 3.06. The number of nitrogens with zero attached hydrogens (tertiary/aromatic N) is 2. The van der Waals surface area contributed by atoms with Gasteiger partial charge in [-0.1, -0.05) is 60.7 Å². The van der Waals surface area contributed by atoms with Gasteiger partial charge in [-0.2, -0.15) is 0 Å². The maximum Gasteiger partial charge on any atom is 0.242 e. The number of carbonyl (C=O) groups excluding carboxylic acids is 2. The summed E-state index contributed by atoms with van der Waals surface area (Å²) in [4.78, 5) is 28.8. The zero-order valence-electron chi connectivity index (χ0n) is 17.4. The van der Waals surface area contributed by atoms with Crippen LogP contribution in [0.25, 0.3) is 10.8 Å². The summed E-state index contributed by atoms with van der Waals surface area (Å²) in [6.07, 6.45) is 0.241. The molecule has 0 spiro atoms. The summed E-state index contributed by atoms with van der Waals surface area (Å²) in [7, 11) is 0. The summed E-state index contributed by atoms with van der Waals surface area (Å²) in [5.74, 6) is -0.449. The molecule has 3 aromatic carbocycles. The van der Waals surface area contributed by atoms with Gasteiger partial charge in [-0.05, 0) is 22.4 Å². The zero-order chi connectivity index (χ0) is 21.6. The van der Waals surface area contributed by atoms with Crippen molar-refractivity contribution in [1.82, 2.24) is 15.1 Å². The Hall–Kier alpha value is -3.25. The van der Waals surface area contributed by atoms with Crippen LogP contribution in [0.4, 0.5) is 4.39 Å². The lowest BCUT2D eigenvalue weighted by Gasteiger charge is -2.34. The Labute approximate surface area is 181 Å². The first-order valence-electron chi connectivity index (χ1n) is 10.6. The van der Waals surface area contributed by atoms with Gasteiger partial charge in [0.15, 0.2) is 0 Å². The number of halogens is 1. The van der Waals surface area contributed by atoms with Crippen LogP contribution in [-0.4, -0.2) is 54.3 Å². The Bertz CT molecular complexity index is 1070. The second kappa shape index (κ2) is 9.71. The van der Waals surface area contributed by atoms with Crippen molar-refractivity contribution < 1.29 is 14.0 Å². The highest BCUT2D eigenvalue weighted by Crippen LogP contribution is 2.19. The monoisotopic (exact) mass is 419 g/mol. The molecule has 0 aromatic heterocycles. The Morgan fingerprint density at radius 1 is 0.839 bits per heavy atom. The highest BCUT2D eigenvalue weighted by molar-refractivity contribution is 5.91. The number of fused-ring (bicyclic) bond motifs is 1. The standard InChI is InChI=1S/C25H26FN3O2/c26-23-11-4-2-7-21(23)18-28-12-14-29(15-13-28)25(31)17-27-24(30)16-20-9-5-8-19-6-1-3-10-22(19)20/h1-11H,12-18H2,(H,27,30). The lowest BCUT2D eigenvalue weighted by atomic mass is 10.0. The number of carbonyl (C=O) groups is 2. The van der Waals surface area contributed by atoms with Crippen LogP contribution in [0, 0.1) is 5.82 Å². The molecule has 4 rings (SSSR count). The lowest BCUT2D eigenvalue weighted by Crippen LogP contribution is -2.51. The van der Waals surface area contributed by atoms with E-state index in [1.165, 1.54) is 6.07 Å². The van der Waals surface area contributed by atoms with Crippen molar-refractivity contribution in [1.29, 1.82) is 0 Å². The fraction of sp³-hybridized carbons (Fsp3) is 0.280. The quantitative estimate of drug-likeness (QED) is 0.668.